The molecule has 0 aromatic rings. The summed E-state index contributed by atoms with van der Waals surface area (Å²) in [5.74, 6) is 1.43. The smallest absolute Gasteiger partial charge is 0.0861 e. The molecule has 0 aliphatic heterocycles. The second kappa shape index (κ2) is 6.91. The van der Waals surface area contributed by atoms with Crippen LogP contribution in [0.25, 0.3) is 0 Å². The van der Waals surface area contributed by atoms with E-state index in [1.165, 1.54) is 0 Å². The number of rotatable bonds is 6. The predicted molar refractivity (Wildman–Crippen MR) is 48.7 cm³/mol. The number of thioether (sulfide) groups is 1. The van der Waals surface area contributed by atoms with Gasteiger partial charge in [0, 0.05) is 17.5 Å². The van der Waals surface area contributed by atoms with Gasteiger partial charge in [0.05, 0.1) is 12.7 Å². The molecule has 0 radical (unpaired) electrons. The van der Waals surface area contributed by atoms with Crippen LogP contribution in [-0.2, 0) is 0 Å². The maximum Gasteiger partial charge on any atom is 0.0861 e. The van der Waals surface area contributed by atoms with Gasteiger partial charge in [-0.1, -0.05) is 6.92 Å². The largest absolute Gasteiger partial charge is 0.394 e. The Balaban J connectivity index is 3.13. The number of hydrogen-bond acceptors (Lipinski definition) is 4. The molecule has 4 N–H and O–H groups in total. The highest BCUT2D eigenvalue weighted by Gasteiger charge is 2.03. The third-order valence-corrected chi connectivity index (χ3v) is 2.66. The molecule has 0 rings (SSSR count). The average molecular weight is 179 g/mol. The molecule has 2 unspecified atom stereocenters. The molecule has 0 bridgehead atoms. The quantitative estimate of drug-likeness (QED) is 0.529. The number of nitrogens with two attached hydrogens (primary N) is 1. The Kier molecular flexibility index (Phi) is 7.06. The van der Waals surface area contributed by atoms with Gasteiger partial charge in [0.25, 0.3) is 0 Å². The summed E-state index contributed by atoms with van der Waals surface area (Å²) in [6.45, 7) is 1.88. The molecule has 0 heterocycles. The van der Waals surface area contributed by atoms with Crippen LogP contribution in [0.15, 0.2) is 0 Å². The van der Waals surface area contributed by atoms with Crippen LogP contribution in [0.5, 0.6) is 0 Å². The molecular weight excluding hydrogens is 162 g/mol. The topological polar surface area (TPSA) is 66.5 Å². The molecule has 3 nitrogen and oxygen atoms in total. The van der Waals surface area contributed by atoms with Gasteiger partial charge in [0.15, 0.2) is 0 Å². The van der Waals surface area contributed by atoms with Crippen molar-refractivity contribution in [3.8, 4) is 0 Å². The van der Waals surface area contributed by atoms with E-state index < -0.39 is 6.10 Å². The summed E-state index contributed by atoms with van der Waals surface area (Å²) < 4.78 is 0. The minimum atomic E-state index is -0.593. The Morgan fingerprint density at radius 1 is 1.45 bits per heavy atom. The maximum absolute atomic E-state index is 8.93. The van der Waals surface area contributed by atoms with Gasteiger partial charge >= 0.3 is 0 Å². The monoisotopic (exact) mass is 179 g/mol. The zero-order chi connectivity index (χ0) is 8.69. The fourth-order valence-electron chi connectivity index (χ4n) is 0.526. The standard InChI is InChI=1S/C7H17NO2S/c1-2-6(8)4-11-5-7(10)3-9/h6-7,9-10H,2-5,8H2,1H3. The second-order valence-electron chi connectivity index (χ2n) is 2.54. The first kappa shape index (κ1) is 11.2. The van der Waals surface area contributed by atoms with Crippen molar-refractivity contribution in [3.63, 3.8) is 0 Å². The van der Waals surface area contributed by atoms with Gasteiger partial charge in [0.2, 0.25) is 0 Å². The molecule has 0 aliphatic carbocycles. The Morgan fingerprint density at radius 3 is 2.55 bits per heavy atom. The lowest BCUT2D eigenvalue weighted by Gasteiger charge is -2.09. The fraction of sp³-hybridized carbons (Fsp3) is 1.00. The van der Waals surface area contributed by atoms with Crippen molar-refractivity contribution in [3.05, 3.63) is 0 Å². The van der Waals surface area contributed by atoms with Gasteiger partial charge in [-0.15, -0.1) is 0 Å². The van der Waals surface area contributed by atoms with E-state index in [1.807, 2.05) is 6.92 Å². The molecule has 0 saturated heterocycles. The molecule has 0 fully saturated rings. The lowest BCUT2D eigenvalue weighted by atomic mass is 10.3. The normalized spacial score (nSPS) is 16.4. The van der Waals surface area contributed by atoms with Crippen molar-refractivity contribution in [2.24, 2.45) is 5.73 Å². The van der Waals surface area contributed by atoms with Gasteiger partial charge in [0.1, 0.15) is 0 Å². The van der Waals surface area contributed by atoms with Gasteiger partial charge in [-0.05, 0) is 6.42 Å². The summed E-state index contributed by atoms with van der Waals surface area (Å²) in [6.07, 6.45) is 0.367. The van der Waals surface area contributed by atoms with Crippen LogP contribution in [0.1, 0.15) is 13.3 Å². The molecule has 0 amide bonds. The van der Waals surface area contributed by atoms with Crippen LogP contribution in [0.4, 0.5) is 0 Å². The van der Waals surface area contributed by atoms with Crippen molar-refractivity contribution in [2.45, 2.75) is 25.5 Å². The Morgan fingerprint density at radius 2 is 2.09 bits per heavy atom. The van der Waals surface area contributed by atoms with Crippen LogP contribution in [0.2, 0.25) is 0 Å². The highest BCUT2D eigenvalue weighted by atomic mass is 32.2. The highest BCUT2D eigenvalue weighted by molar-refractivity contribution is 7.99. The molecule has 11 heavy (non-hydrogen) atoms. The summed E-state index contributed by atoms with van der Waals surface area (Å²) in [5, 5.41) is 17.4. The van der Waals surface area contributed by atoms with E-state index in [0.29, 0.717) is 5.75 Å². The van der Waals surface area contributed by atoms with Crippen LogP contribution in [-0.4, -0.2) is 40.5 Å². The summed E-state index contributed by atoms with van der Waals surface area (Å²) in [6, 6.07) is 0.214. The van der Waals surface area contributed by atoms with E-state index in [4.69, 9.17) is 15.9 Å². The first-order valence-electron chi connectivity index (χ1n) is 3.83. The minimum absolute atomic E-state index is 0.158. The minimum Gasteiger partial charge on any atom is -0.394 e. The third kappa shape index (κ3) is 6.62. The maximum atomic E-state index is 8.93. The summed E-state index contributed by atoms with van der Waals surface area (Å²) >= 11 is 1.58. The molecule has 4 heteroatoms. The summed E-state index contributed by atoms with van der Waals surface area (Å²) in [5.41, 5.74) is 5.64. The van der Waals surface area contributed by atoms with Gasteiger partial charge in [-0.2, -0.15) is 11.8 Å². The zero-order valence-electron chi connectivity index (χ0n) is 6.86. The highest BCUT2D eigenvalue weighted by Crippen LogP contribution is 2.05. The molecule has 0 saturated carbocycles. The first-order valence-corrected chi connectivity index (χ1v) is 4.98. The zero-order valence-corrected chi connectivity index (χ0v) is 7.68. The lowest BCUT2D eigenvalue weighted by Crippen LogP contribution is -2.23. The van der Waals surface area contributed by atoms with E-state index >= 15 is 0 Å². The Labute approximate surface area is 72.0 Å². The van der Waals surface area contributed by atoms with E-state index in [9.17, 15) is 0 Å². The van der Waals surface area contributed by atoms with Crippen molar-refractivity contribution >= 4 is 11.8 Å². The van der Waals surface area contributed by atoms with Crippen LogP contribution < -0.4 is 5.73 Å². The molecule has 0 aromatic carbocycles. The van der Waals surface area contributed by atoms with E-state index in [1.54, 1.807) is 11.8 Å². The molecule has 2 atom stereocenters. The average Bonchev–Trinajstić information content (AvgIpc) is 2.04. The number of aliphatic hydroxyl groups is 2. The number of aliphatic hydroxyl groups excluding tert-OH is 2. The predicted octanol–water partition coefficient (Wildman–Crippen LogP) is -0.190. The van der Waals surface area contributed by atoms with E-state index in [2.05, 4.69) is 0 Å². The van der Waals surface area contributed by atoms with Crippen molar-refractivity contribution in [1.29, 1.82) is 0 Å². The fourth-order valence-corrected chi connectivity index (χ4v) is 1.58. The summed E-state index contributed by atoms with van der Waals surface area (Å²) in [7, 11) is 0. The van der Waals surface area contributed by atoms with Crippen LogP contribution >= 0.6 is 11.8 Å². The third-order valence-electron chi connectivity index (χ3n) is 1.38. The van der Waals surface area contributed by atoms with Gasteiger partial charge < -0.3 is 15.9 Å². The lowest BCUT2D eigenvalue weighted by molar-refractivity contribution is 0.113. The molecule has 0 aromatic heterocycles. The first-order chi connectivity index (χ1) is 5.20. The second-order valence-corrected chi connectivity index (χ2v) is 3.62. The van der Waals surface area contributed by atoms with Crippen LogP contribution in [0.3, 0.4) is 0 Å². The van der Waals surface area contributed by atoms with E-state index in [-0.39, 0.29) is 12.6 Å². The van der Waals surface area contributed by atoms with Crippen molar-refractivity contribution < 1.29 is 10.2 Å². The molecule has 68 valence electrons. The number of hydrogen-bond donors (Lipinski definition) is 3. The SMILES string of the molecule is CCC(N)CSCC(O)CO. The molecule has 0 aliphatic rings. The molecular formula is C7H17NO2S. The van der Waals surface area contributed by atoms with Crippen molar-refractivity contribution in [2.75, 3.05) is 18.1 Å². The van der Waals surface area contributed by atoms with Gasteiger partial charge in [-0.25, -0.2) is 0 Å². The summed E-state index contributed by atoms with van der Waals surface area (Å²) in [4.78, 5) is 0. The van der Waals surface area contributed by atoms with Gasteiger partial charge in [-0.3, -0.25) is 0 Å². The van der Waals surface area contributed by atoms with Crippen LogP contribution in [0, 0.1) is 0 Å². The Bertz CT molecular complexity index is 82.5. The molecule has 0 spiro atoms. The Hall–Kier alpha value is 0.230. The van der Waals surface area contributed by atoms with Crippen molar-refractivity contribution in [1.82, 2.24) is 0 Å². The van der Waals surface area contributed by atoms with E-state index in [0.717, 1.165) is 12.2 Å².